The van der Waals surface area contributed by atoms with Crippen molar-refractivity contribution in [3.05, 3.63) is 30.5 Å². The number of benzene rings is 1. The summed E-state index contributed by atoms with van der Waals surface area (Å²) in [7, 11) is 3.17. The Kier molecular flexibility index (Phi) is 6.10. The van der Waals surface area contributed by atoms with Crippen molar-refractivity contribution < 1.29 is 19.3 Å². The molecule has 0 bridgehead atoms. The number of nitrogens with one attached hydrogen (secondary N) is 1. The minimum Gasteiger partial charge on any atom is -0.493 e. The van der Waals surface area contributed by atoms with Gasteiger partial charge < -0.3 is 29.5 Å². The normalized spacial score (nSPS) is 14.0. The highest BCUT2D eigenvalue weighted by molar-refractivity contribution is 5.93. The Balaban J connectivity index is 1.74. The summed E-state index contributed by atoms with van der Waals surface area (Å²) in [5, 5.41) is 13.2. The first kappa shape index (κ1) is 20.1. The molecule has 1 aliphatic rings. The van der Waals surface area contributed by atoms with E-state index in [1.54, 1.807) is 20.4 Å². The number of hydrogen-bond donors (Lipinski definition) is 2. The van der Waals surface area contributed by atoms with Crippen molar-refractivity contribution in [2.45, 2.75) is 0 Å². The van der Waals surface area contributed by atoms with Crippen LogP contribution in [0.3, 0.4) is 0 Å². The first-order chi connectivity index (χ1) is 14.7. The van der Waals surface area contributed by atoms with Gasteiger partial charge in [-0.25, -0.2) is 15.0 Å². The van der Waals surface area contributed by atoms with E-state index >= 15 is 0 Å². The molecule has 0 amide bonds. The second kappa shape index (κ2) is 9.10. The molecular formula is C21H25N5O4. The molecule has 0 saturated carbocycles. The van der Waals surface area contributed by atoms with Gasteiger partial charge in [0, 0.05) is 42.8 Å². The van der Waals surface area contributed by atoms with Gasteiger partial charge in [-0.1, -0.05) is 0 Å². The molecule has 4 rings (SSSR count). The number of nitrogens with zero attached hydrogens (tertiary/aromatic N) is 4. The zero-order chi connectivity index (χ0) is 20.9. The van der Waals surface area contributed by atoms with Crippen molar-refractivity contribution in [2.75, 3.05) is 63.9 Å². The summed E-state index contributed by atoms with van der Waals surface area (Å²) in [5.41, 5.74) is 1.51. The molecule has 0 radical (unpaired) electrons. The number of aromatic nitrogens is 3. The third kappa shape index (κ3) is 4.07. The molecule has 1 saturated heterocycles. The van der Waals surface area contributed by atoms with Crippen molar-refractivity contribution in [1.82, 2.24) is 15.0 Å². The van der Waals surface area contributed by atoms with Crippen LogP contribution in [-0.2, 0) is 4.74 Å². The Morgan fingerprint density at radius 1 is 1.10 bits per heavy atom. The topological polar surface area (TPSA) is 102 Å². The number of methoxy groups -OCH3 is 2. The van der Waals surface area contributed by atoms with Crippen molar-refractivity contribution in [1.29, 1.82) is 0 Å². The van der Waals surface area contributed by atoms with Crippen molar-refractivity contribution in [3.63, 3.8) is 0 Å². The summed E-state index contributed by atoms with van der Waals surface area (Å²) in [6.45, 7) is 3.44. The average molecular weight is 411 g/mol. The molecule has 9 nitrogen and oxygen atoms in total. The fourth-order valence-corrected chi connectivity index (χ4v) is 3.39. The van der Waals surface area contributed by atoms with Crippen molar-refractivity contribution in [3.8, 4) is 22.9 Å². The number of ether oxygens (including phenoxy) is 3. The number of aliphatic hydroxyl groups excluding tert-OH is 1. The molecule has 1 aromatic carbocycles. The molecule has 2 aromatic heterocycles. The van der Waals surface area contributed by atoms with Gasteiger partial charge in [-0.15, -0.1) is 0 Å². The van der Waals surface area contributed by atoms with Crippen LogP contribution in [0.25, 0.3) is 22.3 Å². The molecule has 3 aromatic rings. The highest BCUT2D eigenvalue weighted by Gasteiger charge is 2.16. The third-order valence-electron chi connectivity index (χ3n) is 4.95. The van der Waals surface area contributed by atoms with Gasteiger partial charge >= 0.3 is 0 Å². The molecule has 1 fully saturated rings. The summed E-state index contributed by atoms with van der Waals surface area (Å²) in [4.78, 5) is 16.2. The molecule has 1 aliphatic heterocycles. The molecule has 0 atom stereocenters. The minimum absolute atomic E-state index is 0.01000. The Hall–Kier alpha value is -3.17. The van der Waals surface area contributed by atoms with E-state index in [4.69, 9.17) is 19.2 Å². The Bertz CT molecular complexity index is 1010. The van der Waals surface area contributed by atoms with Crippen LogP contribution in [0.5, 0.6) is 11.5 Å². The van der Waals surface area contributed by atoms with Crippen LogP contribution in [0.4, 0.5) is 11.6 Å². The molecule has 0 spiro atoms. The SMILES string of the molecule is COc1cc2nc(-c3ccc(N4CCOCC4)nc3)nc(NCCO)c2cc1OC. The highest BCUT2D eigenvalue weighted by atomic mass is 16.5. The number of morpholine rings is 1. The number of hydrogen-bond acceptors (Lipinski definition) is 9. The van der Waals surface area contributed by atoms with E-state index in [0.717, 1.165) is 29.9 Å². The monoisotopic (exact) mass is 411 g/mol. The summed E-state index contributed by atoms with van der Waals surface area (Å²) in [6, 6.07) is 7.59. The molecule has 3 heterocycles. The second-order valence-corrected chi connectivity index (χ2v) is 6.78. The van der Waals surface area contributed by atoms with E-state index in [1.165, 1.54) is 0 Å². The number of rotatable bonds is 7. The van der Waals surface area contributed by atoms with E-state index in [1.807, 2.05) is 24.3 Å². The Morgan fingerprint density at radius 2 is 1.87 bits per heavy atom. The van der Waals surface area contributed by atoms with E-state index in [-0.39, 0.29) is 6.61 Å². The first-order valence-corrected chi connectivity index (χ1v) is 9.81. The number of aliphatic hydroxyl groups is 1. The van der Waals surface area contributed by atoms with Crippen molar-refractivity contribution >= 4 is 22.5 Å². The number of pyridine rings is 1. The van der Waals surface area contributed by atoms with Crippen molar-refractivity contribution in [2.24, 2.45) is 0 Å². The maximum atomic E-state index is 9.25. The lowest BCUT2D eigenvalue weighted by Gasteiger charge is -2.27. The van der Waals surface area contributed by atoms with Crippen LogP contribution in [0, 0.1) is 0 Å². The number of anilines is 2. The van der Waals surface area contributed by atoms with Crippen LogP contribution in [-0.4, -0.2) is 73.7 Å². The summed E-state index contributed by atoms with van der Waals surface area (Å²) >= 11 is 0. The van der Waals surface area contributed by atoms with Gasteiger partial charge in [0.15, 0.2) is 17.3 Å². The largest absolute Gasteiger partial charge is 0.493 e. The zero-order valence-corrected chi connectivity index (χ0v) is 17.1. The van der Waals surface area contributed by atoms with Crippen LogP contribution in [0.15, 0.2) is 30.5 Å². The summed E-state index contributed by atoms with van der Waals surface area (Å²) < 4.78 is 16.2. The fourth-order valence-electron chi connectivity index (χ4n) is 3.39. The number of fused-ring (bicyclic) bond motifs is 1. The van der Waals surface area contributed by atoms with Crippen LogP contribution in [0.1, 0.15) is 0 Å². The molecule has 30 heavy (non-hydrogen) atoms. The first-order valence-electron chi connectivity index (χ1n) is 9.81. The van der Waals surface area contributed by atoms with Crippen LogP contribution in [0.2, 0.25) is 0 Å². The standard InChI is InChI=1S/C21H25N5O4/c1-28-17-11-15-16(12-18(17)29-2)24-20(25-21(15)22-5-8-27)14-3-4-19(23-13-14)26-6-9-30-10-7-26/h3-4,11-13,27H,5-10H2,1-2H3,(H,22,24,25). The molecule has 9 heteroatoms. The third-order valence-corrected chi connectivity index (χ3v) is 4.95. The predicted molar refractivity (Wildman–Crippen MR) is 114 cm³/mol. The van der Waals surface area contributed by atoms with E-state index in [0.29, 0.717) is 48.4 Å². The average Bonchev–Trinajstić information content (AvgIpc) is 2.82. The maximum absolute atomic E-state index is 9.25. The fraction of sp³-hybridized carbons (Fsp3) is 0.381. The lowest BCUT2D eigenvalue weighted by Crippen LogP contribution is -2.36. The lowest BCUT2D eigenvalue weighted by atomic mass is 10.1. The van der Waals surface area contributed by atoms with Gasteiger partial charge in [-0.2, -0.15) is 0 Å². The minimum atomic E-state index is -0.01000. The molecule has 2 N–H and O–H groups in total. The zero-order valence-electron chi connectivity index (χ0n) is 17.1. The van der Waals surface area contributed by atoms with Gasteiger partial charge in [-0.05, 0) is 18.2 Å². The predicted octanol–water partition coefficient (Wildman–Crippen LogP) is 1.95. The molecule has 0 aliphatic carbocycles. The van der Waals surface area contributed by atoms with Crippen LogP contribution < -0.4 is 19.7 Å². The van der Waals surface area contributed by atoms with Gasteiger partial charge in [0.05, 0.1) is 39.6 Å². The molecular weight excluding hydrogens is 386 g/mol. The smallest absolute Gasteiger partial charge is 0.163 e. The van der Waals surface area contributed by atoms with Gasteiger partial charge in [0.2, 0.25) is 0 Å². The lowest BCUT2D eigenvalue weighted by molar-refractivity contribution is 0.122. The van der Waals surface area contributed by atoms with E-state index in [2.05, 4.69) is 20.2 Å². The summed E-state index contributed by atoms with van der Waals surface area (Å²) in [5.74, 6) is 3.24. The van der Waals surface area contributed by atoms with Gasteiger partial charge in [-0.3, -0.25) is 0 Å². The summed E-state index contributed by atoms with van der Waals surface area (Å²) in [6.07, 6.45) is 1.78. The van der Waals surface area contributed by atoms with E-state index in [9.17, 15) is 5.11 Å². The van der Waals surface area contributed by atoms with Crippen LogP contribution >= 0.6 is 0 Å². The molecule has 158 valence electrons. The molecule has 0 unspecified atom stereocenters. The quantitative estimate of drug-likeness (QED) is 0.604. The van der Waals surface area contributed by atoms with Gasteiger partial charge in [0.1, 0.15) is 11.6 Å². The maximum Gasteiger partial charge on any atom is 0.163 e. The van der Waals surface area contributed by atoms with Gasteiger partial charge in [0.25, 0.3) is 0 Å². The Labute approximate surface area is 174 Å². The van der Waals surface area contributed by atoms with E-state index < -0.39 is 0 Å². The highest BCUT2D eigenvalue weighted by Crippen LogP contribution is 2.35. The second-order valence-electron chi connectivity index (χ2n) is 6.78. The Morgan fingerprint density at radius 3 is 2.53 bits per heavy atom.